The summed E-state index contributed by atoms with van der Waals surface area (Å²) in [7, 11) is 1.60. The molecule has 1 aliphatic rings. The normalized spacial score (nSPS) is 14.1. The van der Waals surface area contributed by atoms with Crippen molar-refractivity contribution in [2.75, 3.05) is 30.8 Å². The van der Waals surface area contributed by atoms with Crippen LogP contribution in [-0.2, 0) is 0 Å². The van der Waals surface area contributed by atoms with E-state index in [-0.39, 0.29) is 17.9 Å². The fourth-order valence-corrected chi connectivity index (χ4v) is 4.65. The molecule has 2 heterocycles. The van der Waals surface area contributed by atoms with E-state index in [1.807, 2.05) is 36.9 Å². The number of amides is 3. The van der Waals surface area contributed by atoms with Gasteiger partial charge in [0.2, 0.25) is 5.01 Å². The first kappa shape index (κ1) is 22.7. The highest BCUT2D eigenvalue weighted by molar-refractivity contribution is 7.13. The Morgan fingerprint density at radius 3 is 2.45 bits per heavy atom. The van der Waals surface area contributed by atoms with Crippen LogP contribution in [0.2, 0.25) is 0 Å². The molecular formula is C24H27N5O3S. The predicted octanol–water partition coefficient (Wildman–Crippen LogP) is 4.83. The van der Waals surface area contributed by atoms with Gasteiger partial charge in [0, 0.05) is 30.4 Å². The second-order valence-electron chi connectivity index (χ2n) is 8.14. The average Bonchev–Trinajstić information content (AvgIpc) is 3.32. The molecule has 0 radical (unpaired) electrons. The first-order valence-electron chi connectivity index (χ1n) is 10.8. The predicted molar refractivity (Wildman–Crippen MR) is 129 cm³/mol. The number of anilines is 2. The summed E-state index contributed by atoms with van der Waals surface area (Å²) < 4.78 is 5.13. The molecule has 3 aromatic rings. The number of ether oxygens (including phenoxy) is 1. The van der Waals surface area contributed by atoms with Crippen LogP contribution in [0.5, 0.6) is 5.75 Å². The summed E-state index contributed by atoms with van der Waals surface area (Å²) in [4.78, 5) is 27.1. The van der Waals surface area contributed by atoms with Gasteiger partial charge >= 0.3 is 6.03 Å². The topological polar surface area (TPSA) is 96.4 Å². The van der Waals surface area contributed by atoms with E-state index < -0.39 is 0 Å². The lowest BCUT2D eigenvalue weighted by molar-refractivity contribution is 0.102. The monoisotopic (exact) mass is 465 g/mol. The van der Waals surface area contributed by atoms with Crippen molar-refractivity contribution in [1.82, 2.24) is 15.1 Å². The number of hydrogen-bond acceptors (Lipinski definition) is 6. The van der Waals surface area contributed by atoms with Crippen molar-refractivity contribution in [3.05, 3.63) is 63.6 Å². The number of nitrogens with one attached hydrogen (secondary N) is 2. The number of benzene rings is 2. The van der Waals surface area contributed by atoms with Crippen LogP contribution in [-0.4, -0.2) is 47.2 Å². The summed E-state index contributed by atoms with van der Waals surface area (Å²) in [5.74, 6) is 0.629. The van der Waals surface area contributed by atoms with Gasteiger partial charge in [-0.3, -0.25) is 4.79 Å². The van der Waals surface area contributed by atoms with E-state index in [1.165, 1.54) is 11.3 Å². The third-order valence-electron chi connectivity index (χ3n) is 5.75. The molecule has 0 aliphatic carbocycles. The Hall–Kier alpha value is -3.46. The molecule has 2 N–H and O–H groups in total. The van der Waals surface area contributed by atoms with Crippen LogP contribution in [0.15, 0.2) is 42.5 Å². The van der Waals surface area contributed by atoms with E-state index >= 15 is 0 Å². The Labute approximate surface area is 197 Å². The van der Waals surface area contributed by atoms with E-state index in [1.54, 1.807) is 31.4 Å². The fraction of sp³-hybridized carbons (Fsp3) is 0.333. The number of aryl methyl sites for hydroxylation is 2. The zero-order chi connectivity index (χ0) is 23.4. The molecule has 1 aromatic heterocycles. The van der Waals surface area contributed by atoms with Gasteiger partial charge in [-0.05, 0) is 68.1 Å². The van der Waals surface area contributed by atoms with Gasteiger partial charge in [0.05, 0.1) is 7.11 Å². The van der Waals surface area contributed by atoms with Gasteiger partial charge in [-0.25, -0.2) is 4.79 Å². The Morgan fingerprint density at radius 2 is 1.76 bits per heavy atom. The summed E-state index contributed by atoms with van der Waals surface area (Å²) in [5.41, 5.74) is 3.66. The number of hydrogen-bond donors (Lipinski definition) is 2. The van der Waals surface area contributed by atoms with E-state index in [0.717, 1.165) is 40.4 Å². The zero-order valence-corrected chi connectivity index (χ0v) is 19.7. The lowest BCUT2D eigenvalue weighted by atomic mass is 9.98. The number of carbonyl (C=O) groups excluding carboxylic acids is 2. The number of nitrogens with zero attached hydrogens (tertiary/aromatic N) is 3. The molecule has 1 aliphatic heterocycles. The quantitative estimate of drug-likeness (QED) is 0.563. The fourth-order valence-electron chi connectivity index (χ4n) is 3.74. The molecule has 9 heteroatoms. The highest BCUT2D eigenvalue weighted by Gasteiger charge is 2.27. The van der Waals surface area contributed by atoms with Crippen molar-refractivity contribution < 1.29 is 14.3 Å². The molecule has 0 spiro atoms. The minimum atomic E-state index is -0.283. The van der Waals surface area contributed by atoms with Gasteiger partial charge in [0.15, 0.2) is 0 Å². The van der Waals surface area contributed by atoms with Crippen LogP contribution >= 0.6 is 11.3 Å². The van der Waals surface area contributed by atoms with E-state index in [4.69, 9.17) is 4.74 Å². The Balaban J connectivity index is 1.31. The molecule has 1 fully saturated rings. The molecule has 0 atom stereocenters. The van der Waals surface area contributed by atoms with Crippen LogP contribution in [0, 0.1) is 13.8 Å². The number of carbonyl (C=O) groups is 2. The summed E-state index contributed by atoms with van der Waals surface area (Å²) in [6.07, 6.45) is 1.57. The van der Waals surface area contributed by atoms with Gasteiger partial charge in [0.1, 0.15) is 10.8 Å². The summed E-state index contributed by atoms with van der Waals surface area (Å²) in [6.45, 7) is 5.26. The van der Waals surface area contributed by atoms with Gasteiger partial charge in [0.25, 0.3) is 5.91 Å². The molecule has 0 unspecified atom stereocenters. The molecule has 0 bridgehead atoms. The molecule has 8 nitrogen and oxygen atoms in total. The first-order valence-corrected chi connectivity index (χ1v) is 11.7. The van der Waals surface area contributed by atoms with Crippen molar-refractivity contribution in [3.8, 4) is 5.75 Å². The maximum Gasteiger partial charge on any atom is 0.321 e. The van der Waals surface area contributed by atoms with Crippen LogP contribution in [0.4, 0.5) is 16.2 Å². The van der Waals surface area contributed by atoms with Crippen molar-refractivity contribution in [3.63, 3.8) is 0 Å². The molecule has 33 heavy (non-hydrogen) atoms. The van der Waals surface area contributed by atoms with Gasteiger partial charge in [-0.1, -0.05) is 23.5 Å². The Morgan fingerprint density at radius 1 is 1.03 bits per heavy atom. The second kappa shape index (κ2) is 9.99. The third kappa shape index (κ3) is 5.48. The largest absolute Gasteiger partial charge is 0.497 e. The number of aromatic nitrogens is 2. The second-order valence-corrected chi connectivity index (χ2v) is 9.15. The minimum absolute atomic E-state index is 0.0843. The number of methoxy groups -OCH3 is 1. The van der Waals surface area contributed by atoms with E-state index in [0.29, 0.717) is 23.8 Å². The summed E-state index contributed by atoms with van der Waals surface area (Å²) in [6, 6.07) is 13.1. The molecule has 4 rings (SSSR count). The molecule has 0 saturated carbocycles. The first-order chi connectivity index (χ1) is 15.9. The zero-order valence-electron chi connectivity index (χ0n) is 18.9. The summed E-state index contributed by atoms with van der Waals surface area (Å²) in [5, 5.41) is 15.4. The Kier molecular flexibility index (Phi) is 6.88. The molecule has 1 saturated heterocycles. The standard InChI is InChI=1S/C24H27N5O3S/c1-15-4-5-16(2)20(14-15)26-24(31)29-12-10-17(11-13-29)22-27-28-23(33-22)21(30)25-18-6-8-19(32-3)9-7-18/h4-9,14,17H,10-13H2,1-3H3,(H,25,30)(H,26,31). The van der Waals surface area contributed by atoms with Crippen LogP contribution < -0.4 is 15.4 Å². The van der Waals surface area contributed by atoms with Crippen LogP contribution in [0.25, 0.3) is 0 Å². The van der Waals surface area contributed by atoms with E-state index in [9.17, 15) is 9.59 Å². The Bertz CT molecular complexity index is 1140. The number of urea groups is 1. The molecule has 3 amide bonds. The third-order valence-corrected chi connectivity index (χ3v) is 6.83. The number of piperidine rings is 1. The lowest BCUT2D eigenvalue weighted by Crippen LogP contribution is -2.40. The number of rotatable bonds is 5. The van der Waals surface area contributed by atoms with Gasteiger partial charge < -0.3 is 20.3 Å². The van der Waals surface area contributed by atoms with Crippen LogP contribution in [0.3, 0.4) is 0 Å². The molecular weight excluding hydrogens is 438 g/mol. The van der Waals surface area contributed by atoms with Gasteiger partial charge in [-0.2, -0.15) is 0 Å². The van der Waals surface area contributed by atoms with Crippen molar-refractivity contribution >= 4 is 34.6 Å². The van der Waals surface area contributed by atoms with E-state index in [2.05, 4.69) is 20.8 Å². The molecule has 172 valence electrons. The smallest absolute Gasteiger partial charge is 0.321 e. The van der Waals surface area contributed by atoms with Crippen molar-refractivity contribution in [1.29, 1.82) is 0 Å². The maximum atomic E-state index is 12.7. The highest BCUT2D eigenvalue weighted by Crippen LogP contribution is 2.31. The van der Waals surface area contributed by atoms with Gasteiger partial charge in [-0.15, -0.1) is 10.2 Å². The lowest BCUT2D eigenvalue weighted by Gasteiger charge is -2.31. The SMILES string of the molecule is COc1ccc(NC(=O)c2nnc(C3CCN(C(=O)Nc4cc(C)ccc4C)CC3)s2)cc1. The maximum absolute atomic E-state index is 12.7. The van der Waals surface area contributed by atoms with Crippen molar-refractivity contribution in [2.24, 2.45) is 0 Å². The minimum Gasteiger partial charge on any atom is -0.497 e. The highest BCUT2D eigenvalue weighted by atomic mass is 32.1. The number of likely N-dealkylation sites (tertiary alicyclic amines) is 1. The summed E-state index contributed by atoms with van der Waals surface area (Å²) >= 11 is 1.31. The van der Waals surface area contributed by atoms with Crippen molar-refractivity contribution in [2.45, 2.75) is 32.6 Å². The average molecular weight is 466 g/mol. The molecule has 2 aromatic carbocycles. The van der Waals surface area contributed by atoms with Crippen LogP contribution in [0.1, 0.15) is 44.7 Å².